The zero-order valence-electron chi connectivity index (χ0n) is 10.2. The third kappa shape index (κ3) is 2.85. The van der Waals surface area contributed by atoms with Gasteiger partial charge in [-0.3, -0.25) is 4.79 Å². The van der Waals surface area contributed by atoms with Gasteiger partial charge < -0.3 is 10.6 Å². The van der Waals surface area contributed by atoms with Gasteiger partial charge in [-0.25, -0.2) is 8.78 Å². The molecule has 0 unspecified atom stereocenters. The van der Waals surface area contributed by atoms with Crippen LogP contribution in [0.1, 0.15) is 28.8 Å². The predicted molar refractivity (Wildman–Crippen MR) is 64.5 cm³/mol. The molecule has 1 saturated heterocycles. The number of hydrogen-bond donors (Lipinski definition) is 2. The fourth-order valence-corrected chi connectivity index (χ4v) is 2.07. The van der Waals surface area contributed by atoms with Gasteiger partial charge >= 0.3 is 0 Å². The highest BCUT2D eigenvalue weighted by Crippen LogP contribution is 2.14. The highest BCUT2D eigenvalue weighted by atomic mass is 19.1. The predicted octanol–water partition coefficient (Wildman–Crippen LogP) is 1.76. The van der Waals surface area contributed by atoms with Crippen LogP contribution in [0.5, 0.6) is 0 Å². The van der Waals surface area contributed by atoms with E-state index in [1.807, 2.05) is 0 Å². The summed E-state index contributed by atoms with van der Waals surface area (Å²) in [5.74, 6) is -1.94. The first kappa shape index (κ1) is 13.0. The van der Waals surface area contributed by atoms with Gasteiger partial charge in [-0.1, -0.05) is 0 Å². The van der Waals surface area contributed by atoms with E-state index in [1.165, 1.54) is 13.0 Å². The average Bonchev–Trinajstić information content (AvgIpc) is 2.35. The molecule has 98 valence electrons. The van der Waals surface area contributed by atoms with Gasteiger partial charge in [0.15, 0.2) is 0 Å². The highest BCUT2D eigenvalue weighted by molar-refractivity contribution is 5.94. The molecule has 0 aliphatic carbocycles. The number of aryl methyl sites for hydroxylation is 1. The quantitative estimate of drug-likeness (QED) is 0.844. The molecule has 1 aliphatic heterocycles. The van der Waals surface area contributed by atoms with Crippen LogP contribution >= 0.6 is 0 Å². The zero-order chi connectivity index (χ0) is 13.1. The number of piperidine rings is 1. The van der Waals surface area contributed by atoms with Gasteiger partial charge in [0.25, 0.3) is 5.91 Å². The van der Waals surface area contributed by atoms with E-state index in [-0.39, 0.29) is 17.2 Å². The Bertz CT molecular complexity index is 457. The molecule has 0 aromatic heterocycles. The Morgan fingerprint density at radius 1 is 1.39 bits per heavy atom. The molecule has 5 heteroatoms. The Labute approximate surface area is 105 Å². The third-order valence-corrected chi connectivity index (χ3v) is 3.13. The molecule has 1 aromatic carbocycles. The van der Waals surface area contributed by atoms with Crippen LogP contribution in [0.25, 0.3) is 0 Å². The summed E-state index contributed by atoms with van der Waals surface area (Å²) >= 11 is 0. The fourth-order valence-electron chi connectivity index (χ4n) is 2.07. The van der Waals surface area contributed by atoms with Crippen molar-refractivity contribution in [3.63, 3.8) is 0 Å². The summed E-state index contributed by atoms with van der Waals surface area (Å²) in [7, 11) is 0. The lowest BCUT2D eigenvalue weighted by Gasteiger charge is -2.23. The first-order chi connectivity index (χ1) is 8.58. The van der Waals surface area contributed by atoms with Crippen molar-refractivity contribution >= 4 is 5.91 Å². The molecule has 0 spiro atoms. The number of amides is 1. The standard InChI is InChI=1S/C13H16F2N2O/c1-8-5-10(12(15)6-11(8)14)13(18)17-9-3-2-4-16-7-9/h5-6,9,16H,2-4,7H2,1H3,(H,17,18)/t9-/m0/s1. The number of hydrogen-bond acceptors (Lipinski definition) is 2. The number of nitrogens with one attached hydrogen (secondary N) is 2. The summed E-state index contributed by atoms with van der Waals surface area (Å²) < 4.78 is 26.6. The molecule has 1 aromatic rings. The van der Waals surface area contributed by atoms with E-state index < -0.39 is 17.5 Å². The minimum atomic E-state index is -0.820. The van der Waals surface area contributed by atoms with Crippen LogP contribution in [0.2, 0.25) is 0 Å². The lowest BCUT2D eigenvalue weighted by Crippen LogP contribution is -2.45. The average molecular weight is 254 g/mol. The zero-order valence-corrected chi connectivity index (χ0v) is 10.2. The Morgan fingerprint density at radius 2 is 2.17 bits per heavy atom. The summed E-state index contributed by atoms with van der Waals surface area (Å²) in [6.45, 7) is 3.14. The van der Waals surface area contributed by atoms with Crippen molar-refractivity contribution in [2.24, 2.45) is 0 Å². The Hall–Kier alpha value is -1.49. The maximum Gasteiger partial charge on any atom is 0.254 e. The number of halogens is 2. The summed E-state index contributed by atoms with van der Waals surface area (Å²) in [4.78, 5) is 11.9. The van der Waals surface area contributed by atoms with E-state index in [0.717, 1.165) is 25.5 Å². The number of carbonyl (C=O) groups excluding carboxylic acids is 1. The number of benzene rings is 1. The van der Waals surface area contributed by atoms with Crippen LogP contribution in [0, 0.1) is 18.6 Å². The van der Waals surface area contributed by atoms with Gasteiger partial charge in [0.2, 0.25) is 0 Å². The molecule has 0 bridgehead atoms. The molecule has 18 heavy (non-hydrogen) atoms. The van der Waals surface area contributed by atoms with Crippen molar-refractivity contribution in [2.45, 2.75) is 25.8 Å². The van der Waals surface area contributed by atoms with Crippen LogP contribution in [0.4, 0.5) is 8.78 Å². The maximum atomic E-state index is 13.5. The smallest absolute Gasteiger partial charge is 0.254 e. The first-order valence-corrected chi connectivity index (χ1v) is 6.05. The monoisotopic (exact) mass is 254 g/mol. The van der Waals surface area contributed by atoms with Crippen molar-refractivity contribution < 1.29 is 13.6 Å². The molecule has 1 atom stereocenters. The minimum Gasteiger partial charge on any atom is -0.348 e. The van der Waals surface area contributed by atoms with Gasteiger partial charge in [-0.2, -0.15) is 0 Å². The van der Waals surface area contributed by atoms with Gasteiger partial charge in [0.05, 0.1) is 5.56 Å². The van der Waals surface area contributed by atoms with Gasteiger partial charge in [-0.05, 0) is 37.9 Å². The largest absolute Gasteiger partial charge is 0.348 e. The molecule has 3 nitrogen and oxygen atoms in total. The third-order valence-electron chi connectivity index (χ3n) is 3.13. The molecule has 2 rings (SSSR count). The lowest BCUT2D eigenvalue weighted by atomic mass is 10.1. The van der Waals surface area contributed by atoms with E-state index in [2.05, 4.69) is 10.6 Å². The van der Waals surface area contributed by atoms with E-state index in [0.29, 0.717) is 6.54 Å². The van der Waals surface area contributed by atoms with Crippen molar-refractivity contribution in [3.8, 4) is 0 Å². The molecule has 0 radical (unpaired) electrons. The van der Waals surface area contributed by atoms with Crippen molar-refractivity contribution in [1.82, 2.24) is 10.6 Å². The molecular weight excluding hydrogens is 238 g/mol. The molecule has 1 heterocycles. The second-order valence-corrected chi connectivity index (χ2v) is 4.60. The summed E-state index contributed by atoms with van der Waals surface area (Å²) in [5, 5.41) is 5.92. The first-order valence-electron chi connectivity index (χ1n) is 6.05. The lowest BCUT2D eigenvalue weighted by molar-refractivity contribution is 0.0926. The second kappa shape index (κ2) is 5.44. The Morgan fingerprint density at radius 3 is 2.83 bits per heavy atom. The van der Waals surface area contributed by atoms with E-state index in [4.69, 9.17) is 0 Å². The Kier molecular flexibility index (Phi) is 3.91. The minimum absolute atomic E-state index is 0.0102. The van der Waals surface area contributed by atoms with Crippen LogP contribution in [0.3, 0.4) is 0 Å². The van der Waals surface area contributed by atoms with Crippen LogP contribution in [-0.4, -0.2) is 25.0 Å². The van der Waals surface area contributed by atoms with Crippen molar-refractivity contribution in [2.75, 3.05) is 13.1 Å². The van der Waals surface area contributed by atoms with E-state index in [1.54, 1.807) is 0 Å². The summed E-state index contributed by atoms with van der Waals surface area (Å²) in [5.41, 5.74) is 0.169. The van der Waals surface area contributed by atoms with Gasteiger partial charge in [0, 0.05) is 18.7 Å². The van der Waals surface area contributed by atoms with E-state index in [9.17, 15) is 13.6 Å². The summed E-state index contributed by atoms with van der Waals surface area (Å²) in [6, 6.07) is 2.01. The van der Waals surface area contributed by atoms with Gasteiger partial charge in [0.1, 0.15) is 11.6 Å². The fraction of sp³-hybridized carbons (Fsp3) is 0.462. The van der Waals surface area contributed by atoms with Crippen LogP contribution in [0.15, 0.2) is 12.1 Å². The molecule has 1 fully saturated rings. The van der Waals surface area contributed by atoms with E-state index >= 15 is 0 Å². The highest BCUT2D eigenvalue weighted by Gasteiger charge is 2.19. The SMILES string of the molecule is Cc1cc(C(=O)N[C@H]2CCCNC2)c(F)cc1F. The topological polar surface area (TPSA) is 41.1 Å². The second-order valence-electron chi connectivity index (χ2n) is 4.60. The normalized spacial score (nSPS) is 19.6. The molecule has 0 saturated carbocycles. The van der Waals surface area contributed by atoms with Crippen molar-refractivity contribution in [3.05, 3.63) is 34.9 Å². The molecule has 2 N–H and O–H groups in total. The van der Waals surface area contributed by atoms with Crippen LogP contribution in [-0.2, 0) is 0 Å². The van der Waals surface area contributed by atoms with Crippen LogP contribution < -0.4 is 10.6 Å². The van der Waals surface area contributed by atoms with Crippen molar-refractivity contribution in [1.29, 1.82) is 0 Å². The number of rotatable bonds is 2. The molecule has 1 amide bonds. The Balaban J connectivity index is 2.10. The number of carbonyl (C=O) groups is 1. The van der Waals surface area contributed by atoms with Gasteiger partial charge in [-0.15, -0.1) is 0 Å². The maximum absolute atomic E-state index is 13.5. The molecular formula is C13H16F2N2O. The summed E-state index contributed by atoms with van der Waals surface area (Å²) in [6.07, 6.45) is 1.86. The molecule has 1 aliphatic rings.